The molecule has 35 heavy (non-hydrogen) atoms. The first-order chi connectivity index (χ1) is 17.0. The molecule has 0 unspecified atom stereocenters. The summed E-state index contributed by atoms with van der Waals surface area (Å²) in [5, 5.41) is 0. The maximum Gasteiger partial charge on any atom is 0.235 e. The molecule has 0 fully saturated rings. The summed E-state index contributed by atoms with van der Waals surface area (Å²) in [5.74, 6) is 0.173. The van der Waals surface area contributed by atoms with Crippen molar-refractivity contribution in [2.45, 2.75) is 33.6 Å². The molecule has 0 aliphatic heterocycles. The van der Waals surface area contributed by atoms with Gasteiger partial charge in [0.15, 0.2) is 0 Å². The van der Waals surface area contributed by atoms with E-state index in [1.54, 1.807) is 4.31 Å². The van der Waals surface area contributed by atoms with Gasteiger partial charge in [-0.05, 0) is 60.0 Å². The van der Waals surface area contributed by atoms with Crippen LogP contribution in [0.3, 0.4) is 0 Å². The van der Waals surface area contributed by atoms with Crippen LogP contribution in [0.15, 0.2) is 84.9 Å². The van der Waals surface area contributed by atoms with Crippen molar-refractivity contribution in [3.8, 4) is 0 Å². The molecule has 3 rings (SSSR count). The van der Waals surface area contributed by atoms with E-state index in [4.69, 9.17) is 0 Å². The van der Waals surface area contributed by atoms with Crippen LogP contribution in [0, 0.1) is 0 Å². The number of benzene rings is 3. The minimum atomic E-state index is -3.39. The van der Waals surface area contributed by atoms with Gasteiger partial charge in [-0.25, -0.2) is 8.42 Å². The Kier molecular flexibility index (Phi) is 10.1. The summed E-state index contributed by atoms with van der Waals surface area (Å²) in [7, 11) is -3.39. The zero-order chi connectivity index (χ0) is 25.1. The van der Waals surface area contributed by atoms with Crippen LogP contribution in [0.5, 0.6) is 0 Å². The van der Waals surface area contributed by atoms with E-state index in [1.165, 1.54) is 0 Å². The van der Waals surface area contributed by atoms with Gasteiger partial charge in [-0.15, -0.1) is 0 Å². The lowest BCUT2D eigenvalue weighted by molar-refractivity contribution is 0.313. The number of rotatable bonds is 13. The lowest BCUT2D eigenvalue weighted by atomic mass is 9.95. The fraction of sp³-hybridized carbons (Fsp3) is 0.333. The number of likely N-dealkylation sites (N-methyl/N-ethyl adjacent to an activating group) is 1. The minimum Gasteiger partial charge on any atom is -0.302 e. The van der Waals surface area contributed by atoms with E-state index in [2.05, 4.69) is 49.1 Å². The number of anilines is 1. The molecule has 0 amide bonds. The third kappa shape index (κ3) is 7.55. The van der Waals surface area contributed by atoms with Crippen LogP contribution in [0.25, 0.3) is 11.6 Å². The van der Waals surface area contributed by atoms with Gasteiger partial charge in [0.2, 0.25) is 10.0 Å². The summed E-state index contributed by atoms with van der Waals surface area (Å²) >= 11 is 0. The van der Waals surface area contributed by atoms with Gasteiger partial charge in [0.05, 0.1) is 11.4 Å². The smallest absolute Gasteiger partial charge is 0.235 e. The van der Waals surface area contributed by atoms with Gasteiger partial charge in [0.25, 0.3) is 0 Å². The Hall–Kier alpha value is -2.89. The second kappa shape index (κ2) is 13.3. The second-order valence-corrected chi connectivity index (χ2v) is 10.7. The van der Waals surface area contributed by atoms with Crippen LogP contribution in [-0.4, -0.2) is 45.2 Å². The molecule has 0 radical (unpaired) electrons. The fourth-order valence-electron chi connectivity index (χ4n) is 4.11. The van der Waals surface area contributed by atoms with Crippen LogP contribution in [0.2, 0.25) is 0 Å². The van der Waals surface area contributed by atoms with Crippen LogP contribution in [-0.2, 0) is 10.0 Å². The Morgan fingerprint density at radius 2 is 1.31 bits per heavy atom. The van der Waals surface area contributed by atoms with Crippen molar-refractivity contribution < 1.29 is 8.42 Å². The molecule has 4 nitrogen and oxygen atoms in total. The molecule has 186 valence electrons. The van der Waals surface area contributed by atoms with Crippen molar-refractivity contribution in [2.75, 3.05) is 36.2 Å². The summed E-state index contributed by atoms with van der Waals surface area (Å²) in [6.07, 6.45) is 3.70. The van der Waals surface area contributed by atoms with Crippen LogP contribution in [0.1, 0.15) is 50.3 Å². The van der Waals surface area contributed by atoms with E-state index in [0.29, 0.717) is 19.5 Å². The van der Waals surface area contributed by atoms with E-state index in [-0.39, 0.29) is 5.75 Å². The van der Waals surface area contributed by atoms with Gasteiger partial charge in [0.1, 0.15) is 0 Å². The van der Waals surface area contributed by atoms with Crippen LogP contribution >= 0.6 is 0 Å². The molecule has 0 aliphatic rings. The Morgan fingerprint density at radius 1 is 0.743 bits per heavy atom. The van der Waals surface area contributed by atoms with E-state index < -0.39 is 10.0 Å². The highest BCUT2D eigenvalue weighted by atomic mass is 32.2. The Bertz CT molecular complexity index is 1150. The van der Waals surface area contributed by atoms with Crippen molar-refractivity contribution in [3.05, 3.63) is 102 Å². The monoisotopic (exact) mass is 490 g/mol. The SMILES string of the molecule is CCCCS(=O)(=O)N(CCN(CC)CC)c1ccc(C(=Cc2ccccc2)c2ccccc2)cc1. The summed E-state index contributed by atoms with van der Waals surface area (Å²) in [5.41, 5.74) is 5.13. The molecule has 0 heterocycles. The van der Waals surface area contributed by atoms with Crippen LogP contribution in [0.4, 0.5) is 5.69 Å². The molecule has 0 saturated carbocycles. The van der Waals surface area contributed by atoms with E-state index in [9.17, 15) is 8.42 Å². The molecule has 0 N–H and O–H groups in total. The van der Waals surface area contributed by atoms with E-state index in [0.717, 1.165) is 47.5 Å². The average molecular weight is 491 g/mol. The predicted molar refractivity (Wildman–Crippen MR) is 150 cm³/mol. The Labute approximate surface area is 212 Å². The maximum atomic E-state index is 13.3. The van der Waals surface area contributed by atoms with E-state index in [1.807, 2.05) is 67.6 Å². The average Bonchev–Trinajstić information content (AvgIpc) is 2.90. The van der Waals surface area contributed by atoms with E-state index >= 15 is 0 Å². The van der Waals surface area contributed by atoms with Gasteiger partial charge >= 0.3 is 0 Å². The number of hydrogen-bond donors (Lipinski definition) is 0. The van der Waals surface area contributed by atoms with Gasteiger partial charge in [-0.1, -0.05) is 100.0 Å². The molecule has 0 spiro atoms. The van der Waals surface area contributed by atoms with Gasteiger partial charge in [-0.3, -0.25) is 4.31 Å². The largest absolute Gasteiger partial charge is 0.302 e. The first kappa shape index (κ1) is 26.7. The molecule has 0 saturated heterocycles. The minimum absolute atomic E-state index is 0.173. The predicted octanol–water partition coefficient (Wildman–Crippen LogP) is 6.55. The molecular weight excluding hydrogens is 452 g/mol. The highest BCUT2D eigenvalue weighted by Crippen LogP contribution is 2.29. The number of hydrogen-bond acceptors (Lipinski definition) is 3. The van der Waals surface area contributed by atoms with Gasteiger partial charge < -0.3 is 4.90 Å². The number of nitrogens with zero attached hydrogens (tertiary/aromatic N) is 2. The third-order valence-electron chi connectivity index (χ3n) is 6.27. The lowest BCUT2D eigenvalue weighted by Crippen LogP contribution is -2.40. The van der Waals surface area contributed by atoms with Crippen molar-refractivity contribution in [1.82, 2.24) is 4.90 Å². The lowest BCUT2D eigenvalue weighted by Gasteiger charge is -2.28. The Morgan fingerprint density at radius 3 is 1.89 bits per heavy atom. The van der Waals surface area contributed by atoms with Gasteiger partial charge in [0, 0.05) is 13.1 Å². The standard InChI is InChI=1S/C30H38N2O2S/c1-4-7-24-35(33,34)32(23-22-31(5-2)6-3)29-20-18-28(19-21-29)30(27-16-12-9-13-17-27)25-26-14-10-8-11-15-26/h8-21,25H,4-7,22-24H2,1-3H3. The second-order valence-electron chi connectivity index (χ2n) is 8.65. The quantitative estimate of drug-likeness (QED) is 0.255. The normalized spacial score (nSPS) is 12.2. The summed E-state index contributed by atoms with van der Waals surface area (Å²) in [4.78, 5) is 2.26. The topological polar surface area (TPSA) is 40.6 Å². The van der Waals surface area contributed by atoms with Crippen molar-refractivity contribution in [3.63, 3.8) is 0 Å². The summed E-state index contributed by atoms with van der Waals surface area (Å²) < 4.78 is 28.1. The highest BCUT2D eigenvalue weighted by molar-refractivity contribution is 7.92. The molecular formula is C30H38N2O2S. The third-order valence-corrected chi connectivity index (χ3v) is 8.14. The zero-order valence-corrected chi connectivity index (χ0v) is 22.0. The molecule has 3 aromatic carbocycles. The van der Waals surface area contributed by atoms with Crippen molar-refractivity contribution in [2.24, 2.45) is 0 Å². The summed E-state index contributed by atoms with van der Waals surface area (Å²) in [6.45, 7) is 9.22. The summed E-state index contributed by atoms with van der Waals surface area (Å²) in [6, 6.07) is 28.5. The first-order valence-corrected chi connectivity index (χ1v) is 14.2. The zero-order valence-electron chi connectivity index (χ0n) is 21.2. The maximum absolute atomic E-state index is 13.3. The number of unbranched alkanes of at least 4 members (excludes halogenated alkanes) is 1. The highest BCUT2D eigenvalue weighted by Gasteiger charge is 2.22. The molecule has 3 aromatic rings. The van der Waals surface area contributed by atoms with Gasteiger partial charge in [-0.2, -0.15) is 0 Å². The molecule has 0 aliphatic carbocycles. The van der Waals surface area contributed by atoms with Crippen molar-refractivity contribution >= 4 is 27.4 Å². The molecule has 0 aromatic heterocycles. The molecule has 0 bridgehead atoms. The van der Waals surface area contributed by atoms with Crippen molar-refractivity contribution in [1.29, 1.82) is 0 Å². The number of sulfonamides is 1. The molecule has 0 atom stereocenters. The molecule has 5 heteroatoms. The van der Waals surface area contributed by atoms with Crippen LogP contribution < -0.4 is 4.31 Å². The first-order valence-electron chi connectivity index (χ1n) is 12.6. The Balaban J connectivity index is 1.97. The fourth-order valence-corrected chi connectivity index (χ4v) is 5.79.